The van der Waals surface area contributed by atoms with E-state index in [0.29, 0.717) is 6.42 Å². The van der Waals surface area contributed by atoms with Gasteiger partial charge in [-0.15, -0.1) is 0 Å². The second-order valence-corrected chi connectivity index (χ2v) is 8.35. The Morgan fingerprint density at radius 2 is 1.66 bits per heavy atom. The van der Waals surface area contributed by atoms with Crippen molar-refractivity contribution in [2.24, 2.45) is 0 Å². The lowest BCUT2D eigenvalue weighted by molar-refractivity contribution is -0.116. The van der Waals surface area contributed by atoms with E-state index in [1.54, 1.807) is 12.4 Å². The van der Waals surface area contributed by atoms with E-state index < -0.39 is 17.4 Å². The molecule has 0 aliphatic carbocycles. The number of hydrogen-bond acceptors (Lipinski definition) is 4. The van der Waals surface area contributed by atoms with Gasteiger partial charge >= 0.3 is 11.5 Å². The highest BCUT2D eigenvalue weighted by Gasteiger charge is 2.37. The number of halogens is 3. The van der Waals surface area contributed by atoms with Crippen LogP contribution in [0.25, 0.3) is 0 Å². The van der Waals surface area contributed by atoms with Crippen LogP contribution in [0.1, 0.15) is 16.7 Å². The maximum absolute atomic E-state index is 12.9. The Kier molecular flexibility index (Phi) is 6.18. The second kappa shape index (κ2) is 9.04. The van der Waals surface area contributed by atoms with E-state index in [1.807, 2.05) is 36.4 Å². The van der Waals surface area contributed by atoms with Crippen molar-refractivity contribution < 1.29 is 22.8 Å². The quantitative estimate of drug-likeness (QED) is 0.375. The lowest BCUT2D eigenvalue weighted by Crippen LogP contribution is -2.32. The van der Waals surface area contributed by atoms with Crippen LogP contribution in [0, 0.1) is 0 Å². The summed E-state index contributed by atoms with van der Waals surface area (Å²) in [5.74, 6) is -0.426. The molecule has 0 N–H and O–H groups in total. The molecule has 0 atom stereocenters. The van der Waals surface area contributed by atoms with Crippen LogP contribution in [0.3, 0.4) is 0 Å². The van der Waals surface area contributed by atoms with Gasteiger partial charge in [-0.3, -0.25) is 9.78 Å². The van der Waals surface area contributed by atoms with E-state index in [1.165, 1.54) is 29.2 Å². The van der Waals surface area contributed by atoms with Gasteiger partial charge in [0, 0.05) is 23.8 Å². The molecule has 1 aromatic heterocycles. The molecule has 2 aromatic carbocycles. The van der Waals surface area contributed by atoms with E-state index >= 15 is 0 Å². The first-order valence-corrected chi connectivity index (χ1v) is 10.6. The molecule has 164 valence electrons. The lowest BCUT2D eigenvalue weighted by Gasteiger charge is -2.19. The number of carbonyl (C=O) groups excluding carboxylic acids is 2. The van der Waals surface area contributed by atoms with Gasteiger partial charge in [-0.1, -0.05) is 30.3 Å². The number of anilines is 1. The summed E-state index contributed by atoms with van der Waals surface area (Å²) < 4.78 is 37.6. The summed E-state index contributed by atoms with van der Waals surface area (Å²) in [5, 5.41) is 0. The molecule has 1 aliphatic rings. The summed E-state index contributed by atoms with van der Waals surface area (Å²) in [5.41, 5.74) is -1.23. The Labute approximate surface area is 186 Å². The molecule has 3 aromatic rings. The minimum Gasteiger partial charge on any atom is -0.310 e. The number of hydrogen-bond donors (Lipinski definition) is 0. The van der Waals surface area contributed by atoms with Gasteiger partial charge < -0.3 is 4.90 Å². The molecule has 0 saturated carbocycles. The number of carbonyl (C=O) groups is 2. The number of amides is 3. The summed E-state index contributed by atoms with van der Waals surface area (Å²) in [7, 11) is 0. The van der Waals surface area contributed by atoms with Crippen LogP contribution in [0.4, 0.5) is 23.7 Å². The zero-order chi connectivity index (χ0) is 22.7. The molecule has 1 aliphatic heterocycles. The molecule has 5 nitrogen and oxygen atoms in total. The van der Waals surface area contributed by atoms with E-state index in [2.05, 4.69) is 4.98 Å². The van der Waals surface area contributed by atoms with Crippen molar-refractivity contribution in [3.8, 4) is 0 Å². The molecule has 0 radical (unpaired) electrons. The monoisotopic (exact) mass is 457 g/mol. The molecular formula is C23H18F3N3O2S. The van der Waals surface area contributed by atoms with Crippen LogP contribution < -0.4 is 4.90 Å². The first kappa shape index (κ1) is 21.9. The molecule has 0 unspecified atom stereocenters. The number of imide groups is 1. The Balaban J connectivity index is 1.49. The van der Waals surface area contributed by atoms with Gasteiger partial charge in [0.2, 0.25) is 0 Å². The fourth-order valence-corrected chi connectivity index (χ4v) is 4.05. The van der Waals surface area contributed by atoms with E-state index in [0.717, 1.165) is 21.6 Å². The number of alkyl halides is 3. The van der Waals surface area contributed by atoms with Crippen molar-refractivity contribution >= 4 is 29.4 Å². The van der Waals surface area contributed by atoms with Gasteiger partial charge in [-0.25, -0.2) is 9.69 Å². The van der Waals surface area contributed by atoms with Gasteiger partial charge in [-0.2, -0.15) is 13.2 Å². The molecule has 1 fully saturated rings. The summed E-state index contributed by atoms with van der Waals surface area (Å²) in [6, 6.07) is 16.3. The first-order valence-electron chi connectivity index (χ1n) is 9.73. The molecule has 1 saturated heterocycles. The highest BCUT2D eigenvalue weighted by molar-refractivity contribution is 8.00. The molecule has 0 bridgehead atoms. The van der Waals surface area contributed by atoms with Gasteiger partial charge in [0.1, 0.15) is 6.54 Å². The maximum atomic E-state index is 12.9. The van der Waals surface area contributed by atoms with Crippen molar-refractivity contribution in [3.05, 3.63) is 89.7 Å². The van der Waals surface area contributed by atoms with Crippen LogP contribution in [0.15, 0.2) is 78.0 Å². The Morgan fingerprint density at radius 1 is 0.938 bits per heavy atom. The Hall–Kier alpha value is -3.33. The zero-order valence-electron chi connectivity index (χ0n) is 16.7. The van der Waals surface area contributed by atoms with Gasteiger partial charge in [0.25, 0.3) is 5.91 Å². The largest absolute Gasteiger partial charge is 0.446 e. The van der Waals surface area contributed by atoms with Crippen molar-refractivity contribution in [1.82, 2.24) is 9.88 Å². The zero-order valence-corrected chi connectivity index (χ0v) is 17.6. The Bertz CT molecular complexity index is 1120. The molecule has 9 heteroatoms. The van der Waals surface area contributed by atoms with Crippen LogP contribution in [-0.2, 0) is 17.8 Å². The van der Waals surface area contributed by atoms with Crippen molar-refractivity contribution in [1.29, 1.82) is 0 Å². The number of thioether (sulfide) groups is 1. The van der Waals surface area contributed by atoms with Gasteiger partial charge in [0.15, 0.2) is 0 Å². The van der Waals surface area contributed by atoms with Crippen LogP contribution in [0.5, 0.6) is 0 Å². The minimum atomic E-state index is -4.40. The number of nitrogens with zero attached hydrogens (tertiary/aromatic N) is 3. The molecule has 0 spiro atoms. The minimum absolute atomic E-state index is 0.0143. The Morgan fingerprint density at radius 3 is 2.34 bits per heavy atom. The molecule has 2 heterocycles. The summed E-state index contributed by atoms with van der Waals surface area (Å²) >= 11 is -0.247. The predicted molar refractivity (Wildman–Crippen MR) is 115 cm³/mol. The molecular weight excluding hydrogens is 439 g/mol. The highest BCUT2D eigenvalue weighted by Crippen LogP contribution is 2.37. The molecule has 32 heavy (non-hydrogen) atoms. The number of pyridine rings is 1. The lowest BCUT2D eigenvalue weighted by atomic mass is 10.0. The summed E-state index contributed by atoms with van der Waals surface area (Å²) in [6.45, 7) is 0.124. The van der Waals surface area contributed by atoms with Crippen molar-refractivity contribution in [3.63, 3.8) is 0 Å². The number of aromatic nitrogens is 1. The van der Waals surface area contributed by atoms with Gasteiger partial charge in [0.05, 0.1) is 5.69 Å². The molecule has 4 rings (SSSR count). The summed E-state index contributed by atoms with van der Waals surface area (Å²) in [4.78, 5) is 32.1. The predicted octanol–water partition coefficient (Wildman–Crippen LogP) is 5.25. The third-order valence-corrected chi connectivity index (χ3v) is 5.71. The third kappa shape index (κ3) is 5.11. The second-order valence-electron chi connectivity index (χ2n) is 7.22. The third-order valence-electron chi connectivity index (χ3n) is 4.97. The standard InChI is InChI=1S/C23H18F3N3O2S/c24-23(25,26)32-20-8-6-19(7-9-20)29-21(30)15-28(22(29)31)14-17-10-11-27-13-18(17)12-16-4-2-1-3-5-16/h1-11,13H,12,14-15H2. The molecule has 3 amide bonds. The van der Waals surface area contributed by atoms with Crippen LogP contribution in [0.2, 0.25) is 0 Å². The highest BCUT2D eigenvalue weighted by atomic mass is 32.2. The van der Waals surface area contributed by atoms with Crippen LogP contribution in [-0.4, -0.2) is 33.9 Å². The first-order chi connectivity index (χ1) is 15.3. The summed E-state index contributed by atoms with van der Waals surface area (Å²) in [6.07, 6.45) is 4.03. The van der Waals surface area contributed by atoms with E-state index in [9.17, 15) is 22.8 Å². The smallest absolute Gasteiger partial charge is 0.310 e. The fraction of sp³-hybridized carbons (Fsp3) is 0.174. The fourth-order valence-electron chi connectivity index (χ4n) is 3.52. The average Bonchev–Trinajstić information content (AvgIpc) is 3.03. The van der Waals surface area contributed by atoms with Gasteiger partial charge in [-0.05, 0) is 65.2 Å². The average molecular weight is 457 g/mol. The SMILES string of the molecule is O=C1CN(Cc2ccncc2Cc2ccccc2)C(=O)N1c1ccc(SC(F)(F)F)cc1. The maximum Gasteiger partial charge on any atom is 0.446 e. The normalized spacial score (nSPS) is 14.3. The number of rotatable bonds is 6. The number of urea groups is 1. The van der Waals surface area contributed by atoms with Crippen LogP contribution >= 0.6 is 11.8 Å². The van der Waals surface area contributed by atoms with E-state index in [-0.39, 0.29) is 35.4 Å². The van der Waals surface area contributed by atoms with E-state index in [4.69, 9.17) is 0 Å². The number of benzene rings is 2. The van der Waals surface area contributed by atoms with Crippen molar-refractivity contribution in [2.45, 2.75) is 23.4 Å². The van der Waals surface area contributed by atoms with Crippen molar-refractivity contribution in [2.75, 3.05) is 11.4 Å². The topological polar surface area (TPSA) is 53.5 Å².